The summed E-state index contributed by atoms with van der Waals surface area (Å²) in [6.07, 6.45) is 1.85. The molecule has 7 heteroatoms. The van der Waals surface area contributed by atoms with Gasteiger partial charge in [-0.05, 0) is 37.1 Å². The van der Waals surface area contributed by atoms with Gasteiger partial charge in [0.05, 0.1) is 5.69 Å². The average Bonchev–Trinajstić information content (AvgIpc) is 3.39. The lowest BCUT2D eigenvalue weighted by atomic mass is 10.1. The summed E-state index contributed by atoms with van der Waals surface area (Å²) in [7, 11) is 0. The van der Waals surface area contributed by atoms with Crippen LogP contribution in [0, 0.1) is 13.8 Å². The van der Waals surface area contributed by atoms with Crippen LogP contribution in [0.25, 0.3) is 10.6 Å². The molecule has 0 spiro atoms. The third kappa shape index (κ3) is 5.24. The van der Waals surface area contributed by atoms with Gasteiger partial charge in [0.2, 0.25) is 0 Å². The third-order valence-electron chi connectivity index (χ3n) is 4.74. The molecule has 0 saturated heterocycles. The van der Waals surface area contributed by atoms with E-state index in [1.54, 1.807) is 23.1 Å². The minimum absolute atomic E-state index is 0.360. The van der Waals surface area contributed by atoms with Crippen LogP contribution in [0.15, 0.2) is 71.7 Å². The Labute approximate surface area is 190 Å². The molecule has 4 aromatic rings. The third-order valence-corrected chi connectivity index (χ3v) is 6.66. The average molecular weight is 449 g/mol. The Bertz CT molecular complexity index is 1180. The predicted molar refractivity (Wildman–Crippen MR) is 128 cm³/mol. The van der Waals surface area contributed by atoms with Crippen LogP contribution in [-0.2, 0) is 18.9 Å². The van der Waals surface area contributed by atoms with E-state index in [1.807, 2.05) is 41.8 Å². The van der Waals surface area contributed by atoms with Crippen LogP contribution in [0.5, 0.6) is 5.75 Å². The van der Waals surface area contributed by atoms with Crippen molar-refractivity contribution in [2.75, 3.05) is 0 Å². The first-order valence-electron chi connectivity index (χ1n) is 9.99. The van der Waals surface area contributed by atoms with Gasteiger partial charge in [-0.15, -0.1) is 28.1 Å². The molecule has 31 heavy (non-hydrogen) atoms. The molecule has 0 saturated carbocycles. The van der Waals surface area contributed by atoms with Crippen molar-refractivity contribution in [2.24, 2.45) is 0 Å². The molecule has 4 rings (SSSR count). The number of ether oxygens (including phenoxy) is 1. The van der Waals surface area contributed by atoms with E-state index in [4.69, 9.17) is 9.72 Å². The first-order chi connectivity index (χ1) is 15.1. The number of thioether (sulfide) groups is 1. The number of thiazole rings is 1. The second-order valence-corrected chi connectivity index (χ2v) is 8.95. The molecule has 5 nitrogen and oxygen atoms in total. The first-order valence-corrected chi connectivity index (χ1v) is 11.9. The molecule has 0 aliphatic carbocycles. The summed E-state index contributed by atoms with van der Waals surface area (Å²) in [4.78, 5) is 4.82. The van der Waals surface area contributed by atoms with Crippen molar-refractivity contribution in [3.63, 3.8) is 0 Å². The number of hydrogen-bond acceptors (Lipinski definition) is 6. The number of benzene rings is 2. The molecule has 0 radical (unpaired) electrons. The van der Waals surface area contributed by atoms with Gasteiger partial charge in [-0.2, -0.15) is 0 Å². The molecule has 2 aromatic heterocycles. The van der Waals surface area contributed by atoms with Gasteiger partial charge in [0.25, 0.3) is 0 Å². The highest BCUT2D eigenvalue weighted by Gasteiger charge is 2.14. The highest BCUT2D eigenvalue weighted by atomic mass is 32.2. The van der Waals surface area contributed by atoms with Gasteiger partial charge >= 0.3 is 0 Å². The van der Waals surface area contributed by atoms with E-state index in [1.165, 1.54) is 11.1 Å². The molecule has 0 bridgehead atoms. The Balaban J connectivity index is 1.44. The summed E-state index contributed by atoms with van der Waals surface area (Å²) < 4.78 is 7.97. The molecular formula is C24H24N4OS2. The number of rotatable bonds is 9. The zero-order valence-electron chi connectivity index (χ0n) is 17.6. The fourth-order valence-corrected chi connectivity index (χ4v) is 5.02. The lowest BCUT2D eigenvalue weighted by molar-refractivity contribution is 0.289. The lowest BCUT2D eigenvalue weighted by Crippen LogP contribution is -2.07. The Kier molecular flexibility index (Phi) is 6.84. The number of nitrogens with zero attached hydrogens (tertiary/aromatic N) is 4. The Morgan fingerprint density at radius 2 is 2.00 bits per heavy atom. The van der Waals surface area contributed by atoms with Crippen LogP contribution in [0.3, 0.4) is 0 Å². The van der Waals surface area contributed by atoms with Crippen LogP contribution < -0.4 is 4.74 Å². The lowest BCUT2D eigenvalue weighted by Gasteiger charge is -2.09. The van der Waals surface area contributed by atoms with Crippen molar-refractivity contribution < 1.29 is 4.74 Å². The summed E-state index contributed by atoms with van der Waals surface area (Å²) in [5.74, 6) is 2.34. The van der Waals surface area contributed by atoms with E-state index in [9.17, 15) is 0 Å². The van der Waals surface area contributed by atoms with Crippen molar-refractivity contribution >= 4 is 23.1 Å². The van der Waals surface area contributed by atoms with Crippen molar-refractivity contribution in [1.29, 1.82) is 0 Å². The van der Waals surface area contributed by atoms with Gasteiger partial charge in [0.15, 0.2) is 11.0 Å². The molecule has 2 heterocycles. The van der Waals surface area contributed by atoms with Crippen LogP contribution in [0.1, 0.15) is 22.6 Å². The standard InChI is InChI=1S/C24H24N4OS2/c1-4-12-28-22(14-29-20-10-7-8-17(2)13-20)26-27-24(28)31-16-19-15-30-23(25-19)21-11-6-5-9-18(21)3/h4-11,13,15H,1,12,14,16H2,2-3H3. The van der Waals surface area contributed by atoms with Crippen molar-refractivity contribution in [3.8, 4) is 16.3 Å². The van der Waals surface area contributed by atoms with Crippen LogP contribution >= 0.6 is 23.1 Å². The highest BCUT2D eigenvalue weighted by molar-refractivity contribution is 7.98. The van der Waals surface area contributed by atoms with E-state index >= 15 is 0 Å². The zero-order valence-corrected chi connectivity index (χ0v) is 19.2. The summed E-state index contributed by atoms with van der Waals surface area (Å²) in [6.45, 7) is 9.03. The maximum absolute atomic E-state index is 5.92. The molecule has 0 aliphatic rings. The minimum atomic E-state index is 0.360. The van der Waals surface area contributed by atoms with E-state index in [0.717, 1.165) is 38.7 Å². The fraction of sp³-hybridized carbons (Fsp3) is 0.208. The summed E-state index contributed by atoms with van der Waals surface area (Å²) in [5, 5.41) is 12.7. The number of allylic oxidation sites excluding steroid dienone is 1. The molecule has 0 N–H and O–H groups in total. The predicted octanol–water partition coefficient (Wildman–Crippen LogP) is 6.08. The number of aromatic nitrogens is 4. The van der Waals surface area contributed by atoms with Crippen molar-refractivity contribution in [3.05, 3.63) is 89.2 Å². The Morgan fingerprint density at radius 1 is 1.13 bits per heavy atom. The largest absolute Gasteiger partial charge is 0.486 e. The second kappa shape index (κ2) is 9.94. The molecule has 0 amide bonds. The molecule has 2 aromatic carbocycles. The smallest absolute Gasteiger partial charge is 0.191 e. The summed E-state index contributed by atoms with van der Waals surface area (Å²) in [6, 6.07) is 16.3. The van der Waals surface area contributed by atoms with Gasteiger partial charge in [-0.3, -0.25) is 4.57 Å². The maximum Gasteiger partial charge on any atom is 0.191 e. The minimum Gasteiger partial charge on any atom is -0.486 e. The molecule has 0 fully saturated rings. The van der Waals surface area contributed by atoms with Crippen LogP contribution in [-0.4, -0.2) is 19.7 Å². The Morgan fingerprint density at radius 3 is 2.81 bits per heavy atom. The van der Waals surface area contributed by atoms with Gasteiger partial charge in [0.1, 0.15) is 17.4 Å². The topological polar surface area (TPSA) is 52.8 Å². The molecular weight excluding hydrogens is 424 g/mol. The van der Waals surface area contributed by atoms with Gasteiger partial charge in [-0.1, -0.05) is 54.2 Å². The molecule has 0 aliphatic heterocycles. The molecule has 0 unspecified atom stereocenters. The monoisotopic (exact) mass is 448 g/mol. The van der Waals surface area contributed by atoms with E-state index < -0.39 is 0 Å². The van der Waals surface area contributed by atoms with Gasteiger partial charge < -0.3 is 4.74 Å². The second-order valence-electron chi connectivity index (χ2n) is 7.15. The molecule has 0 atom stereocenters. The quantitative estimate of drug-likeness (QED) is 0.230. The van der Waals surface area contributed by atoms with Crippen LogP contribution in [0.4, 0.5) is 0 Å². The SMILES string of the molecule is C=CCn1c(COc2cccc(C)c2)nnc1SCc1csc(-c2ccccc2C)n1. The number of hydrogen-bond donors (Lipinski definition) is 0. The van der Waals surface area contributed by atoms with E-state index in [2.05, 4.69) is 53.3 Å². The van der Waals surface area contributed by atoms with Gasteiger partial charge in [0, 0.05) is 23.2 Å². The first kappa shape index (κ1) is 21.3. The summed E-state index contributed by atoms with van der Waals surface area (Å²) in [5.41, 5.74) is 4.63. The van der Waals surface area contributed by atoms with Gasteiger partial charge in [-0.25, -0.2) is 4.98 Å². The van der Waals surface area contributed by atoms with E-state index in [0.29, 0.717) is 13.2 Å². The van der Waals surface area contributed by atoms with Crippen LogP contribution in [0.2, 0.25) is 0 Å². The normalized spacial score (nSPS) is 10.9. The Hall–Kier alpha value is -2.90. The maximum atomic E-state index is 5.92. The number of aryl methyl sites for hydroxylation is 2. The summed E-state index contributed by atoms with van der Waals surface area (Å²) >= 11 is 3.30. The fourth-order valence-electron chi connectivity index (χ4n) is 3.15. The van der Waals surface area contributed by atoms with Crippen molar-refractivity contribution in [2.45, 2.75) is 37.9 Å². The highest BCUT2D eigenvalue weighted by Crippen LogP contribution is 2.29. The van der Waals surface area contributed by atoms with E-state index in [-0.39, 0.29) is 0 Å². The zero-order chi connectivity index (χ0) is 21.6. The molecule has 158 valence electrons. The van der Waals surface area contributed by atoms with Crippen molar-refractivity contribution in [1.82, 2.24) is 19.7 Å².